The van der Waals surface area contributed by atoms with Crippen LogP contribution in [0, 0.1) is 5.92 Å². The van der Waals surface area contributed by atoms with Crippen LogP contribution in [0.1, 0.15) is 32.6 Å². The first-order chi connectivity index (χ1) is 4.66. The van der Waals surface area contributed by atoms with Crippen LogP contribution in [0.5, 0.6) is 0 Å². The second-order valence-corrected chi connectivity index (χ2v) is 4.30. The molecule has 1 aliphatic carbocycles. The average molecular weight is 254 g/mol. The Kier molecular flexibility index (Phi) is 2.98. The lowest BCUT2D eigenvalue weighted by Gasteiger charge is -2.33. The average Bonchev–Trinajstić information content (AvgIpc) is 1.96. The van der Waals surface area contributed by atoms with Crippen LogP contribution in [0.4, 0.5) is 0 Å². The van der Waals surface area contributed by atoms with Crippen molar-refractivity contribution in [2.24, 2.45) is 5.92 Å². The minimum absolute atomic E-state index is 0.312. The molecule has 0 radical (unpaired) electrons. The first-order valence-corrected chi connectivity index (χ1v) is 5.47. The van der Waals surface area contributed by atoms with Gasteiger partial charge in [-0.05, 0) is 31.6 Å². The second kappa shape index (κ2) is 3.39. The van der Waals surface area contributed by atoms with Crippen LogP contribution in [-0.4, -0.2) is 15.1 Å². The molecule has 0 aromatic carbocycles. The summed E-state index contributed by atoms with van der Waals surface area (Å²) < 4.78 is 0.900. The number of alkyl halides is 1. The molecule has 1 rings (SSSR count). The topological polar surface area (TPSA) is 20.2 Å². The minimum atomic E-state index is -0.312. The first kappa shape index (κ1) is 8.78. The zero-order valence-electron chi connectivity index (χ0n) is 6.44. The molecule has 0 unspecified atom stereocenters. The summed E-state index contributed by atoms with van der Waals surface area (Å²) in [5.74, 6) is 0.836. The van der Waals surface area contributed by atoms with Gasteiger partial charge < -0.3 is 5.11 Å². The van der Waals surface area contributed by atoms with Gasteiger partial charge in [0.15, 0.2) is 0 Å². The maximum absolute atomic E-state index is 9.79. The molecule has 1 nitrogen and oxygen atoms in total. The third-order valence-electron chi connectivity index (χ3n) is 2.45. The number of hydrogen-bond acceptors (Lipinski definition) is 1. The molecular weight excluding hydrogens is 239 g/mol. The second-order valence-electron chi connectivity index (χ2n) is 3.54. The lowest BCUT2D eigenvalue weighted by Crippen LogP contribution is -2.34. The lowest BCUT2D eigenvalue weighted by molar-refractivity contribution is 0.0177. The fourth-order valence-corrected chi connectivity index (χ4v) is 2.20. The molecular formula is C8H15IO. The van der Waals surface area contributed by atoms with E-state index in [4.69, 9.17) is 0 Å². The highest BCUT2D eigenvalue weighted by molar-refractivity contribution is 14.1. The predicted molar refractivity (Wildman–Crippen MR) is 51.5 cm³/mol. The third-order valence-corrected chi connectivity index (χ3v) is 3.87. The Morgan fingerprint density at radius 2 is 2.00 bits per heavy atom. The maximum atomic E-state index is 9.79. The Morgan fingerprint density at radius 1 is 1.50 bits per heavy atom. The predicted octanol–water partition coefficient (Wildman–Crippen LogP) is 2.36. The van der Waals surface area contributed by atoms with Crippen LogP contribution in [0.2, 0.25) is 0 Å². The highest BCUT2D eigenvalue weighted by Crippen LogP contribution is 2.32. The quantitative estimate of drug-likeness (QED) is 0.562. The minimum Gasteiger partial charge on any atom is -0.389 e. The van der Waals surface area contributed by atoms with Crippen molar-refractivity contribution in [3.05, 3.63) is 0 Å². The van der Waals surface area contributed by atoms with E-state index in [1.807, 2.05) is 0 Å². The van der Waals surface area contributed by atoms with Gasteiger partial charge in [-0.1, -0.05) is 29.5 Å². The van der Waals surface area contributed by atoms with E-state index < -0.39 is 0 Å². The molecule has 0 heterocycles. The summed E-state index contributed by atoms with van der Waals surface area (Å²) in [5.41, 5.74) is -0.312. The van der Waals surface area contributed by atoms with Crippen molar-refractivity contribution in [2.45, 2.75) is 38.2 Å². The fraction of sp³-hybridized carbons (Fsp3) is 1.00. The number of rotatable bonds is 1. The molecule has 1 N–H and O–H groups in total. The Balaban J connectivity index is 2.38. The molecule has 0 bridgehead atoms. The lowest BCUT2D eigenvalue weighted by atomic mass is 9.81. The smallest absolute Gasteiger partial charge is 0.0737 e. The van der Waals surface area contributed by atoms with Gasteiger partial charge in [0.25, 0.3) is 0 Å². The summed E-state index contributed by atoms with van der Waals surface area (Å²) in [4.78, 5) is 0. The summed E-state index contributed by atoms with van der Waals surface area (Å²) in [6.45, 7) is 2.27. The zero-order chi connectivity index (χ0) is 7.61. The molecule has 1 saturated carbocycles. The molecule has 10 heavy (non-hydrogen) atoms. The largest absolute Gasteiger partial charge is 0.389 e. The van der Waals surface area contributed by atoms with Gasteiger partial charge in [-0.15, -0.1) is 0 Å². The third kappa shape index (κ3) is 2.09. The fourth-order valence-electron chi connectivity index (χ4n) is 1.43. The molecule has 0 spiro atoms. The van der Waals surface area contributed by atoms with E-state index >= 15 is 0 Å². The van der Waals surface area contributed by atoms with E-state index in [1.54, 1.807) is 0 Å². The molecule has 2 heteroatoms. The van der Waals surface area contributed by atoms with Crippen LogP contribution >= 0.6 is 22.6 Å². The van der Waals surface area contributed by atoms with Gasteiger partial charge >= 0.3 is 0 Å². The zero-order valence-corrected chi connectivity index (χ0v) is 8.60. The highest BCUT2D eigenvalue weighted by atomic mass is 127. The van der Waals surface area contributed by atoms with Crippen LogP contribution in [0.25, 0.3) is 0 Å². The molecule has 0 aliphatic heterocycles. The Hall–Kier alpha value is 0.690. The highest BCUT2D eigenvalue weighted by Gasteiger charge is 2.30. The Bertz CT molecular complexity index is 106. The summed E-state index contributed by atoms with van der Waals surface area (Å²) >= 11 is 2.28. The van der Waals surface area contributed by atoms with E-state index in [2.05, 4.69) is 29.5 Å². The van der Waals surface area contributed by atoms with E-state index in [-0.39, 0.29) is 5.60 Å². The van der Waals surface area contributed by atoms with E-state index in [9.17, 15) is 5.11 Å². The Labute approximate surface area is 76.3 Å². The molecule has 1 fully saturated rings. The SMILES string of the molecule is CC1CCC(O)(CI)CC1. The van der Waals surface area contributed by atoms with Crippen LogP contribution < -0.4 is 0 Å². The summed E-state index contributed by atoms with van der Waals surface area (Å²) in [6, 6.07) is 0. The van der Waals surface area contributed by atoms with Crippen molar-refractivity contribution in [1.29, 1.82) is 0 Å². The van der Waals surface area contributed by atoms with Crippen molar-refractivity contribution in [3.63, 3.8) is 0 Å². The molecule has 1 aliphatic rings. The van der Waals surface area contributed by atoms with Gasteiger partial charge in [0, 0.05) is 4.43 Å². The molecule has 0 atom stereocenters. The van der Waals surface area contributed by atoms with Crippen molar-refractivity contribution in [2.75, 3.05) is 4.43 Å². The van der Waals surface area contributed by atoms with E-state index in [0.717, 1.165) is 23.2 Å². The van der Waals surface area contributed by atoms with E-state index in [1.165, 1.54) is 12.8 Å². The Morgan fingerprint density at radius 3 is 2.40 bits per heavy atom. The molecule has 60 valence electrons. The normalized spacial score (nSPS) is 41.7. The van der Waals surface area contributed by atoms with Crippen LogP contribution in [-0.2, 0) is 0 Å². The monoisotopic (exact) mass is 254 g/mol. The number of halogens is 1. The van der Waals surface area contributed by atoms with Gasteiger partial charge in [-0.3, -0.25) is 0 Å². The number of aliphatic hydroxyl groups is 1. The summed E-state index contributed by atoms with van der Waals surface area (Å²) in [6.07, 6.45) is 4.44. The van der Waals surface area contributed by atoms with Crippen molar-refractivity contribution >= 4 is 22.6 Å². The van der Waals surface area contributed by atoms with Crippen LogP contribution in [0.15, 0.2) is 0 Å². The van der Waals surface area contributed by atoms with Gasteiger partial charge in [-0.2, -0.15) is 0 Å². The molecule has 0 aromatic rings. The van der Waals surface area contributed by atoms with Crippen LogP contribution in [0.3, 0.4) is 0 Å². The summed E-state index contributed by atoms with van der Waals surface area (Å²) in [7, 11) is 0. The number of hydrogen-bond donors (Lipinski definition) is 1. The molecule has 0 aromatic heterocycles. The van der Waals surface area contributed by atoms with Crippen molar-refractivity contribution < 1.29 is 5.11 Å². The van der Waals surface area contributed by atoms with Gasteiger partial charge in [-0.25, -0.2) is 0 Å². The molecule has 0 amide bonds. The van der Waals surface area contributed by atoms with Gasteiger partial charge in [0.05, 0.1) is 5.60 Å². The maximum Gasteiger partial charge on any atom is 0.0737 e. The summed E-state index contributed by atoms with van der Waals surface area (Å²) in [5, 5.41) is 9.79. The van der Waals surface area contributed by atoms with Gasteiger partial charge in [0.2, 0.25) is 0 Å². The standard InChI is InChI=1S/C8H15IO/c1-7-2-4-8(10,6-9)5-3-7/h7,10H,2-6H2,1H3. The van der Waals surface area contributed by atoms with Gasteiger partial charge in [0.1, 0.15) is 0 Å². The van der Waals surface area contributed by atoms with Crippen molar-refractivity contribution in [3.8, 4) is 0 Å². The van der Waals surface area contributed by atoms with E-state index in [0.29, 0.717) is 0 Å². The molecule has 0 saturated heterocycles. The van der Waals surface area contributed by atoms with Crippen molar-refractivity contribution in [1.82, 2.24) is 0 Å². The first-order valence-electron chi connectivity index (χ1n) is 3.95.